The molecule has 0 bridgehead atoms. The second-order valence-electron chi connectivity index (χ2n) is 6.33. The summed E-state index contributed by atoms with van der Waals surface area (Å²) >= 11 is 0. The number of hydrogen-bond donors (Lipinski definition) is 2. The molecule has 0 atom stereocenters. The Hall–Kier alpha value is -4.27. The van der Waals surface area contributed by atoms with Crippen LogP contribution >= 0.6 is 0 Å². The summed E-state index contributed by atoms with van der Waals surface area (Å²) in [5.74, 6) is 0.784. The molecule has 5 aromatic rings. The van der Waals surface area contributed by atoms with Crippen LogP contribution in [-0.2, 0) is 6.61 Å². The number of ether oxygens (including phenoxy) is 1. The number of hydrogen-bond acceptors (Lipinski definition) is 7. The van der Waals surface area contributed by atoms with E-state index in [9.17, 15) is 0 Å². The molecule has 3 heterocycles. The average molecular weight is 384 g/mol. The maximum atomic E-state index is 6.00. The van der Waals surface area contributed by atoms with Crippen molar-refractivity contribution in [3.05, 3.63) is 72.4 Å². The Morgan fingerprint density at radius 3 is 2.52 bits per heavy atom. The number of nitrogens with one attached hydrogen (secondary N) is 1. The zero-order valence-corrected chi connectivity index (χ0v) is 15.2. The van der Waals surface area contributed by atoms with E-state index in [0.29, 0.717) is 28.4 Å². The van der Waals surface area contributed by atoms with Crippen molar-refractivity contribution in [2.45, 2.75) is 6.61 Å². The summed E-state index contributed by atoms with van der Waals surface area (Å²) < 4.78 is 7.80. The molecular weight excluding hydrogens is 368 g/mol. The second kappa shape index (κ2) is 7.04. The van der Waals surface area contributed by atoms with E-state index in [2.05, 4.69) is 30.7 Å². The highest BCUT2D eigenvalue weighted by molar-refractivity contribution is 5.79. The number of H-pyrrole nitrogens is 1. The normalized spacial score (nSPS) is 11.0. The third kappa shape index (κ3) is 3.14. The molecule has 0 amide bonds. The van der Waals surface area contributed by atoms with E-state index in [-0.39, 0.29) is 6.61 Å². The van der Waals surface area contributed by atoms with E-state index in [1.807, 2.05) is 60.7 Å². The Bertz CT molecular complexity index is 1260. The monoisotopic (exact) mass is 384 g/mol. The highest BCUT2D eigenvalue weighted by Gasteiger charge is 2.18. The number of fused-ring (bicyclic) bond motifs is 1. The molecule has 0 aliphatic heterocycles. The van der Waals surface area contributed by atoms with Crippen molar-refractivity contribution in [1.82, 2.24) is 35.4 Å². The lowest BCUT2D eigenvalue weighted by Gasteiger charge is -2.10. The minimum atomic E-state index is 0.183. The van der Waals surface area contributed by atoms with Gasteiger partial charge in [-0.2, -0.15) is 10.3 Å². The van der Waals surface area contributed by atoms with Crippen molar-refractivity contribution >= 4 is 17.0 Å². The number of rotatable bonds is 5. The topological polar surface area (TPSA) is 120 Å². The van der Waals surface area contributed by atoms with Gasteiger partial charge < -0.3 is 10.5 Å². The predicted octanol–water partition coefficient (Wildman–Crippen LogP) is 2.76. The molecular formula is C20H16N8O. The van der Waals surface area contributed by atoms with Gasteiger partial charge in [-0.3, -0.25) is 0 Å². The van der Waals surface area contributed by atoms with Crippen molar-refractivity contribution in [1.29, 1.82) is 0 Å². The van der Waals surface area contributed by atoms with Gasteiger partial charge in [0.25, 0.3) is 0 Å². The average Bonchev–Trinajstić information content (AvgIpc) is 3.40. The van der Waals surface area contributed by atoms with E-state index in [1.54, 1.807) is 10.7 Å². The van der Waals surface area contributed by atoms with Crippen molar-refractivity contribution in [2.24, 2.45) is 0 Å². The summed E-state index contributed by atoms with van der Waals surface area (Å²) in [6.45, 7) is 0.183. The van der Waals surface area contributed by atoms with Gasteiger partial charge in [-0.15, -0.1) is 10.2 Å². The third-order valence-corrected chi connectivity index (χ3v) is 4.43. The first kappa shape index (κ1) is 16.9. The number of pyridine rings is 1. The van der Waals surface area contributed by atoms with Gasteiger partial charge in [0.15, 0.2) is 11.3 Å². The Kier molecular flexibility index (Phi) is 4.10. The molecule has 9 nitrogen and oxygen atoms in total. The standard InChI is InChI=1S/C20H16N8O/c21-17-11-16(18-20(22-17)25-26-24-18)29-12-15-19(13-7-3-1-4-8-13)28(27-23-15)14-9-5-2-6-10-14/h1-11H,12H2,(H3,21,22,24,25,26). The van der Waals surface area contributed by atoms with Gasteiger partial charge >= 0.3 is 0 Å². The molecule has 0 radical (unpaired) electrons. The van der Waals surface area contributed by atoms with Gasteiger partial charge in [-0.25, -0.2) is 9.67 Å². The minimum Gasteiger partial charge on any atom is -0.485 e. The molecule has 0 saturated carbocycles. The number of anilines is 1. The fraction of sp³-hybridized carbons (Fsp3) is 0.0500. The van der Waals surface area contributed by atoms with Gasteiger partial charge in [0.2, 0.25) is 5.65 Å². The van der Waals surface area contributed by atoms with Crippen LogP contribution in [0.1, 0.15) is 5.69 Å². The number of nitrogens with two attached hydrogens (primary N) is 1. The fourth-order valence-electron chi connectivity index (χ4n) is 3.13. The molecule has 3 N–H and O–H groups in total. The maximum Gasteiger partial charge on any atom is 0.207 e. The van der Waals surface area contributed by atoms with E-state index in [1.165, 1.54) is 0 Å². The molecule has 0 spiro atoms. The summed E-state index contributed by atoms with van der Waals surface area (Å²) in [6, 6.07) is 21.4. The van der Waals surface area contributed by atoms with Gasteiger partial charge in [-0.05, 0) is 12.1 Å². The van der Waals surface area contributed by atoms with Gasteiger partial charge in [0.05, 0.1) is 5.69 Å². The first-order chi connectivity index (χ1) is 14.3. The Morgan fingerprint density at radius 1 is 0.966 bits per heavy atom. The molecule has 142 valence electrons. The lowest BCUT2D eigenvalue weighted by atomic mass is 10.1. The Morgan fingerprint density at radius 2 is 1.72 bits per heavy atom. The van der Waals surface area contributed by atoms with Gasteiger partial charge in [-0.1, -0.05) is 53.7 Å². The highest BCUT2D eigenvalue weighted by Crippen LogP contribution is 2.28. The second-order valence-corrected chi connectivity index (χ2v) is 6.33. The fourth-order valence-corrected chi connectivity index (χ4v) is 3.13. The van der Waals surface area contributed by atoms with Crippen LogP contribution in [-0.4, -0.2) is 35.4 Å². The largest absolute Gasteiger partial charge is 0.485 e. The Labute approximate surface area is 165 Å². The number of para-hydroxylation sites is 1. The van der Waals surface area contributed by atoms with E-state index in [4.69, 9.17) is 10.5 Å². The van der Waals surface area contributed by atoms with E-state index in [0.717, 1.165) is 16.9 Å². The lowest BCUT2D eigenvalue weighted by molar-refractivity contribution is 0.304. The predicted molar refractivity (Wildman–Crippen MR) is 107 cm³/mol. The first-order valence-corrected chi connectivity index (χ1v) is 8.95. The summed E-state index contributed by atoms with van der Waals surface area (Å²) in [5, 5.41) is 19.3. The lowest BCUT2D eigenvalue weighted by Crippen LogP contribution is -2.03. The zero-order valence-electron chi connectivity index (χ0n) is 15.2. The van der Waals surface area contributed by atoms with Crippen molar-refractivity contribution in [3.8, 4) is 22.7 Å². The Balaban J connectivity index is 1.55. The van der Waals surface area contributed by atoms with Crippen molar-refractivity contribution in [2.75, 3.05) is 5.73 Å². The first-order valence-electron chi connectivity index (χ1n) is 8.95. The zero-order chi connectivity index (χ0) is 19.6. The quantitative estimate of drug-likeness (QED) is 0.478. The number of benzene rings is 2. The summed E-state index contributed by atoms with van der Waals surface area (Å²) in [4.78, 5) is 4.12. The van der Waals surface area contributed by atoms with Gasteiger partial charge in [0, 0.05) is 11.6 Å². The van der Waals surface area contributed by atoms with Crippen LogP contribution in [0.3, 0.4) is 0 Å². The molecule has 0 aliphatic carbocycles. The number of aromatic amines is 1. The summed E-state index contributed by atoms with van der Waals surface area (Å²) in [6.07, 6.45) is 0. The molecule has 0 unspecified atom stereocenters. The molecule has 29 heavy (non-hydrogen) atoms. The molecule has 3 aromatic heterocycles. The highest BCUT2D eigenvalue weighted by atomic mass is 16.5. The SMILES string of the molecule is Nc1cc(OCc2nnn(-c3ccccc3)c2-c2ccccc2)c2n[nH]nc2n1. The molecule has 5 rings (SSSR count). The van der Waals surface area contributed by atoms with Crippen molar-refractivity contribution < 1.29 is 4.74 Å². The van der Waals surface area contributed by atoms with Crippen LogP contribution in [0.2, 0.25) is 0 Å². The molecule has 2 aromatic carbocycles. The van der Waals surface area contributed by atoms with Crippen LogP contribution in [0, 0.1) is 0 Å². The molecule has 0 saturated heterocycles. The van der Waals surface area contributed by atoms with E-state index >= 15 is 0 Å². The number of aromatic nitrogens is 7. The van der Waals surface area contributed by atoms with Gasteiger partial charge in [0.1, 0.15) is 23.8 Å². The van der Waals surface area contributed by atoms with Crippen LogP contribution in [0.5, 0.6) is 5.75 Å². The summed E-state index contributed by atoms with van der Waals surface area (Å²) in [5.41, 5.74) is 10.2. The van der Waals surface area contributed by atoms with Crippen LogP contribution in [0.15, 0.2) is 66.7 Å². The van der Waals surface area contributed by atoms with Crippen molar-refractivity contribution in [3.63, 3.8) is 0 Å². The van der Waals surface area contributed by atoms with E-state index < -0.39 is 0 Å². The number of nitrogen functional groups attached to an aromatic ring is 1. The van der Waals surface area contributed by atoms with Crippen LogP contribution < -0.4 is 10.5 Å². The molecule has 0 fully saturated rings. The third-order valence-electron chi connectivity index (χ3n) is 4.43. The molecule has 9 heteroatoms. The van der Waals surface area contributed by atoms with Crippen LogP contribution in [0.25, 0.3) is 28.1 Å². The van der Waals surface area contributed by atoms with Crippen LogP contribution in [0.4, 0.5) is 5.82 Å². The maximum absolute atomic E-state index is 6.00. The smallest absolute Gasteiger partial charge is 0.207 e. The number of nitrogens with zero attached hydrogens (tertiary/aromatic N) is 6. The molecule has 0 aliphatic rings. The summed E-state index contributed by atoms with van der Waals surface area (Å²) in [7, 11) is 0. The minimum absolute atomic E-state index is 0.183.